The molecule has 1 saturated heterocycles. The van der Waals surface area contributed by atoms with Gasteiger partial charge in [-0.05, 0) is 49.3 Å². The number of hydrogen-bond donors (Lipinski definition) is 0. The van der Waals surface area contributed by atoms with Crippen LogP contribution in [0.5, 0.6) is 0 Å². The molecule has 0 N–H and O–H groups in total. The summed E-state index contributed by atoms with van der Waals surface area (Å²) in [4.78, 5) is 7.11. The third kappa shape index (κ3) is 2.35. The lowest BCUT2D eigenvalue weighted by atomic mass is 9.78. The zero-order valence-electron chi connectivity index (χ0n) is 10.8. The smallest absolute Gasteiger partial charge is 0.129 e. The second kappa shape index (κ2) is 5.48. The molecule has 2 atom stereocenters. The molecule has 0 spiro atoms. The molecule has 1 aliphatic carbocycles. The molecule has 1 saturated carbocycles. The Kier molecular flexibility index (Phi) is 3.74. The van der Waals surface area contributed by atoms with Crippen LogP contribution >= 0.6 is 11.6 Å². The summed E-state index contributed by atoms with van der Waals surface area (Å²) in [7, 11) is 0. The first kappa shape index (κ1) is 12.3. The number of alkyl halides is 1. The Morgan fingerprint density at radius 1 is 1.22 bits per heavy atom. The van der Waals surface area contributed by atoms with Gasteiger partial charge in [-0.2, -0.15) is 0 Å². The highest BCUT2D eigenvalue weighted by Crippen LogP contribution is 2.37. The Morgan fingerprint density at radius 3 is 2.94 bits per heavy atom. The molecule has 2 fully saturated rings. The lowest BCUT2D eigenvalue weighted by Gasteiger charge is -2.44. The van der Waals surface area contributed by atoms with Crippen LogP contribution in [0.15, 0.2) is 18.3 Å². The Bertz CT molecular complexity index is 405. The summed E-state index contributed by atoms with van der Waals surface area (Å²) >= 11 is 5.93. The molecule has 2 heterocycles. The molecule has 18 heavy (non-hydrogen) atoms. The van der Waals surface area contributed by atoms with Crippen LogP contribution in [0.25, 0.3) is 0 Å². The Labute approximate surface area is 114 Å². The number of nitrogens with zero attached hydrogens (tertiary/aromatic N) is 2. The minimum absolute atomic E-state index is 0.581. The summed E-state index contributed by atoms with van der Waals surface area (Å²) in [6.45, 7) is 1.17. The van der Waals surface area contributed by atoms with E-state index < -0.39 is 0 Å². The van der Waals surface area contributed by atoms with Gasteiger partial charge >= 0.3 is 0 Å². The maximum Gasteiger partial charge on any atom is 0.129 e. The van der Waals surface area contributed by atoms with Gasteiger partial charge in [0.25, 0.3) is 0 Å². The molecular formula is C15H21ClN2. The third-order valence-electron chi connectivity index (χ3n) is 4.50. The normalized spacial score (nSPS) is 27.9. The second-order valence-corrected chi connectivity index (χ2v) is 5.87. The van der Waals surface area contributed by atoms with Crippen LogP contribution in [0.4, 0.5) is 5.82 Å². The van der Waals surface area contributed by atoms with E-state index >= 15 is 0 Å². The maximum atomic E-state index is 5.93. The molecule has 2 nitrogen and oxygen atoms in total. The highest BCUT2D eigenvalue weighted by molar-refractivity contribution is 6.17. The van der Waals surface area contributed by atoms with Gasteiger partial charge in [0.15, 0.2) is 0 Å². The third-order valence-corrected chi connectivity index (χ3v) is 4.81. The van der Waals surface area contributed by atoms with Gasteiger partial charge in [0.05, 0.1) is 0 Å². The lowest BCUT2D eigenvalue weighted by molar-refractivity contribution is 0.242. The van der Waals surface area contributed by atoms with Gasteiger partial charge in [0.1, 0.15) is 5.82 Å². The molecule has 2 aliphatic rings. The van der Waals surface area contributed by atoms with Crippen LogP contribution in [0.2, 0.25) is 0 Å². The maximum absolute atomic E-state index is 5.93. The molecule has 98 valence electrons. The summed E-state index contributed by atoms with van der Waals surface area (Å²) < 4.78 is 0. The number of fused-ring (bicyclic) bond motifs is 1. The fourth-order valence-electron chi connectivity index (χ4n) is 3.61. The van der Waals surface area contributed by atoms with Crippen LogP contribution in [0.1, 0.15) is 44.1 Å². The first-order chi connectivity index (χ1) is 8.88. The van der Waals surface area contributed by atoms with Crippen LogP contribution in [-0.4, -0.2) is 17.6 Å². The standard InChI is InChI=1S/C15H21ClN2/c16-11-12-7-8-17-15(10-12)18-9-3-5-13-4-1-2-6-14(13)18/h7-8,10,13-14H,1-6,9,11H2. The number of halogens is 1. The SMILES string of the molecule is ClCc1ccnc(N2CCCC3CCCCC32)c1. The van der Waals surface area contributed by atoms with E-state index in [2.05, 4.69) is 16.0 Å². The van der Waals surface area contributed by atoms with E-state index in [9.17, 15) is 0 Å². The van der Waals surface area contributed by atoms with Crippen molar-refractivity contribution in [2.24, 2.45) is 5.92 Å². The second-order valence-electron chi connectivity index (χ2n) is 5.60. The molecule has 0 amide bonds. The van der Waals surface area contributed by atoms with Crippen LogP contribution in [0, 0.1) is 5.92 Å². The number of hydrogen-bond acceptors (Lipinski definition) is 2. The van der Waals surface area contributed by atoms with Crippen LogP contribution in [0.3, 0.4) is 0 Å². The van der Waals surface area contributed by atoms with E-state index in [4.69, 9.17) is 11.6 Å². The van der Waals surface area contributed by atoms with E-state index in [1.165, 1.54) is 50.6 Å². The molecule has 3 heteroatoms. The first-order valence-corrected chi connectivity index (χ1v) is 7.69. The van der Waals surface area contributed by atoms with E-state index in [-0.39, 0.29) is 0 Å². The van der Waals surface area contributed by atoms with Crippen LogP contribution in [-0.2, 0) is 5.88 Å². The molecule has 0 bridgehead atoms. The molecule has 3 rings (SSSR count). The fraction of sp³-hybridized carbons (Fsp3) is 0.667. The van der Waals surface area contributed by atoms with Crippen molar-refractivity contribution in [3.63, 3.8) is 0 Å². The van der Waals surface area contributed by atoms with Gasteiger partial charge in [-0.1, -0.05) is 12.8 Å². The fourth-order valence-corrected chi connectivity index (χ4v) is 3.78. The average molecular weight is 265 g/mol. The molecule has 0 radical (unpaired) electrons. The van der Waals surface area contributed by atoms with Gasteiger partial charge in [0.2, 0.25) is 0 Å². The summed E-state index contributed by atoms with van der Waals surface area (Å²) in [5, 5.41) is 0. The van der Waals surface area contributed by atoms with Crippen molar-refractivity contribution in [2.75, 3.05) is 11.4 Å². The van der Waals surface area contributed by atoms with Crippen molar-refractivity contribution in [2.45, 2.75) is 50.4 Å². The van der Waals surface area contributed by atoms with Crippen molar-refractivity contribution in [1.29, 1.82) is 0 Å². The van der Waals surface area contributed by atoms with E-state index in [0.717, 1.165) is 17.8 Å². The molecule has 1 aliphatic heterocycles. The Morgan fingerprint density at radius 2 is 2.06 bits per heavy atom. The summed E-state index contributed by atoms with van der Waals surface area (Å²) in [6, 6.07) is 4.91. The largest absolute Gasteiger partial charge is 0.353 e. The van der Waals surface area contributed by atoms with Gasteiger partial charge in [0, 0.05) is 24.7 Å². The number of pyridine rings is 1. The highest BCUT2D eigenvalue weighted by atomic mass is 35.5. The van der Waals surface area contributed by atoms with Gasteiger partial charge in [-0.15, -0.1) is 11.6 Å². The van der Waals surface area contributed by atoms with E-state index in [1.54, 1.807) is 0 Å². The topological polar surface area (TPSA) is 16.1 Å². The van der Waals surface area contributed by atoms with Crippen molar-refractivity contribution >= 4 is 17.4 Å². The quantitative estimate of drug-likeness (QED) is 0.751. The van der Waals surface area contributed by atoms with Crippen molar-refractivity contribution in [1.82, 2.24) is 4.98 Å². The molecule has 0 aromatic carbocycles. The number of aromatic nitrogens is 1. The van der Waals surface area contributed by atoms with Crippen molar-refractivity contribution in [3.05, 3.63) is 23.9 Å². The minimum atomic E-state index is 0.581. The summed E-state index contributed by atoms with van der Waals surface area (Å²) in [5.41, 5.74) is 1.18. The minimum Gasteiger partial charge on any atom is -0.353 e. The number of rotatable bonds is 2. The van der Waals surface area contributed by atoms with Gasteiger partial charge in [-0.25, -0.2) is 4.98 Å². The zero-order valence-corrected chi connectivity index (χ0v) is 11.6. The summed E-state index contributed by atoms with van der Waals surface area (Å²) in [6.07, 6.45) is 10.2. The number of piperidine rings is 1. The monoisotopic (exact) mass is 264 g/mol. The van der Waals surface area contributed by atoms with E-state index in [0.29, 0.717) is 5.88 Å². The Balaban J connectivity index is 1.84. The van der Waals surface area contributed by atoms with Crippen molar-refractivity contribution in [3.8, 4) is 0 Å². The molecule has 1 aromatic rings. The number of anilines is 1. The molecule has 1 aromatic heterocycles. The summed E-state index contributed by atoms with van der Waals surface area (Å²) in [5.74, 6) is 2.62. The zero-order chi connectivity index (χ0) is 12.4. The van der Waals surface area contributed by atoms with Crippen molar-refractivity contribution < 1.29 is 0 Å². The Hall–Kier alpha value is -0.760. The predicted molar refractivity (Wildman–Crippen MR) is 76.1 cm³/mol. The average Bonchev–Trinajstić information content (AvgIpc) is 2.47. The van der Waals surface area contributed by atoms with E-state index in [1.807, 2.05) is 12.3 Å². The highest BCUT2D eigenvalue weighted by Gasteiger charge is 2.33. The van der Waals surface area contributed by atoms with Crippen LogP contribution < -0.4 is 4.90 Å². The molecular weight excluding hydrogens is 244 g/mol. The molecule has 2 unspecified atom stereocenters. The lowest BCUT2D eigenvalue weighted by Crippen LogP contribution is -2.47. The predicted octanol–water partition coefficient (Wildman–Crippen LogP) is 3.98. The first-order valence-electron chi connectivity index (χ1n) is 7.16. The van der Waals surface area contributed by atoms with Gasteiger partial charge < -0.3 is 4.90 Å². The van der Waals surface area contributed by atoms with Gasteiger partial charge in [-0.3, -0.25) is 0 Å².